The van der Waals surface area contributed by atoms with E-state index in [0.717, 1.165) is 12.0 Å². The quantitative estimate of drug-likeness (QED) is 0.445. The summed E-state index contributed by atoms with van der Waals surface area (Å²) < 4.78 is 16.9. The summed E-state index contributed by atoms with van der Waals surface area (Å²) in [4.78, 5) is 27.6. The molecule has 2 rings (SSSR count). The molecular formula is C25H34ClN3O5. The lowest BCUT2D eigenvalue weighted by Gasteiger charge is -2.20. The highest BCUT2D eigenvalue weighted by Gasteiger charge is 2.23. The molecule has 0 aromatic heterocycles. The number of benzene rings is 2. The Morgan fingerprint density at radius 1 is 1.06 bits per heavy atom. The molecule has 0 saturated heterocycles. The molecule has 8 nitrogen and oxygen atoms in total. The number of methoxy groups -OCH3 is 2. The minimum atomic E-state index is -0.641. The maximum Gasteiger partial charge on any atom is 0.252 e. The second kappa shape index (κ2) is 13.7. The summed E-state index contributed by atoms with van der Waals surface area (Å²) in [5, 5.41) is 6.34. The zero-order valence-electron chi connectivity index (χ0n) is 20.4. The van der Waals surface area contributed by atoms with Crippen molar-refractivity contribution < 1.29 is 23.8 Å². The lowest BCUT2D eigenvalue weighted by atomic mass is 10.1. The molecule has 2 N–H and O–H groups in total. The van der Waals surface area contributed by atoms with Crippen molar-refractivity contribution in [3.63, 3.8) is 0 Å². The number of nitrogens with zero attached hydrogens (tertiary/aromatic N) is 1. The minimum absolute atomic E-state index is 0.209. The number of rotatable bonds is 13. The van der Waals surface area contributed by atoms with Crippen molar-refractivity contribution in [2.75, 3.05) is 41.4 Å². The number of likely N-dealkylation sites (N-methyl/N-ethyl adjacent to an activating group) is 1. The van der Waals surface area contributed by atoms with Gasteiger partial charge >= 0.3 is 0 Å². The summed E-state index contributed by atoms with van der Waals surface area (Å²) in [6, 6.07) is 9.79. The van der Waals surface area contributed by atoms with E-state index < -0.39 is 11.9 Å². The van der Waals surface area contributed by atoms with Crippen LogP contribution in [0.1, 0.15) is 35.7 Å². The van der Waals surface area contributed by atoms with Gasteiger partial charge in [-0.15, -0.1) is 0 Å². The van der Waals surface area contributed by atoms with Crippen LogP contribution in [0.3, 0.4) is 0 Å². The van der Waals surface area contributed by atoms with Crippen molar-refractivity contribution >= 4 is 23.4 Å². The van der Waals surface area contributed by atoms with E-state index in [9.17, 15) is 9.59 Å². The summed E-state index contributed by atoms with van der Waals surface area (Å²) >= 11 is 5.94. The van der Waals surface area contributed by atoms with Crippen LogP contribution in [0.2, 0.25) is 5.02 Å². The molecule has 9 heteroatoms. The average Bonchev–Trinajstić information content (AvgIpc) is 2.82. The highest BCUT2D eigenvalue weighted by Crippen LogP contribution is 2.39. The van der Waals surface area contributed by atoms with Crippen LogP contribution < -0.4 is 24.8 Å². The number of hydrogen-bond donors (Lipinski definition) is 2. The van der Waals surface area contributed by atoms with E-state index in [1.54, 1.807) is 24.3 Å². The molecule has 2 aromatic rings. The summed E-state index contributed by atoms with van der Waals surface area (Å²) in [5.41, 5.74) is 1.22. The van der Waals surface area contributed by atoms with Crippen LogP contribution in [-0.4, -0.2) is 64.2 Å². The fourth-order valence-corrected chi connectivity index (χ4v) is 3.34. The molecule has 2 aromatic carbocycles. The number of hydrogen-bond acceptors (Lipinski definition) is 6. The monoisotopic (exact) mass is 491 g/mol. The SMILES string of the molecule is CCC[C@H](NC(=O)c1cc(OC)c(OCc2ccc(Cl)cc2)c(OC)c1)C(=O)NCCN(C)C. The molecule has 0 saturated carbocycles. The topological polar surface area (TPSA) is 89.1 Å². The zero-order chi connectivity index (χ0) is 25.1. The molecular weight excluding hydrogens is 458 g/mol. The molecule has 0 spiro atoms. The van der Waals surface area contributed by atoms with E-state index in [1.165, 1.54) is 14.2 Å². The van der Waals surface area contributed by atoms with Crippen LogP contribution in [0.15, 0.2) is 36.4 Å². The first-order valence-electron chi connectivity index (χ1n) is 11.2. The van der Waals surface area contributed by atoms with E-state index in [1.807, 2.05) is 38.1 Å². The minimum Gasteiger partial charge on any atom is -0.493 e. The predicted octanol–water partition coefficient (Wildman–Crippen LogP) is 3.51. The zero-order valence-corrected chi connectivity index (χ0v) is 21.2. The van der Waals surface area contributed by atoms with Gasteiger partial charge in [0.1, 0.15) is 12.6 Å². The standard InChI is InChI=1S/C25H34ClN3O5/c1-6-7-20(25(31)27-12-13-29(2)3)28-24(30)18-14-21(32-4)23(22(15-18)33-5)34-16-17-8-10-19(26)11-9-17/h8-11,14-15,20H,6-7,12-13,16H2,1-5H3,(H,27,31)(H,28,30)/t20-/m0/s1. The number of carbonyl (C=O) groups is 2. The number of ether oxygens (including phenoxy) is 3. The summed E-state index contributed by atoms with van der Waals surface area (Å²) in [6.45, 7) is 3.44. The summed E-state index contributed by atoms with van der Waals surface area (Å²) in [7, 11) is 6.84. The molecule has 0 fully saturated rings. The predicted molar refractivity (Wildman–Crippen MR) is 133 cm³/mol. The first kappa shape index (κ1) is 27.3. The van der Waals surface area contributed by atoms with Gasteiger partial charge in [-0.2, -0.15) is 0 Å². The fourth-order valence-electron chi connectivity index (χ4n) is 3.21. The fraction of sp³-hybridized carbons (Fsp3) is 0.440. The molecule has 34 heavy (non-hydrogen) atoms. The number of amides is 2. The Hall–Kier alpha value is -2.97. The largest absolute Gasteiger partial charge is 0.493 e. The normalized spacial score (nSPS) is 11.6. The van der Waals surface area contributed by atoms with Crippen molar-refractivity contribution in [3.05, 3.63) is 52.5 Å². The maximum atomic E-state index is 13.0. The van der Waals surface area contributed by atoms with Gasteiger partial charge in [0.05, 0.1) is 14.2 Å². The molecule has 2 amide bonds. The van der Waals surface area contributed by atoms with Gasteiger partial charge in [-0.1, -0.05) is 37.1 Å². The molecule has 0 unspecified atom stereocenters. The van der Waals surface area contributed by atoms with Crippen LogP contribution in [0.5, 0.6) is 17.2 Å². The van der Waals surface area contributed by atoms with Gasteiger partial charge in [0, 0.05) is 23.7 Å². The van der Waals surface area contributed by atoms with Gasteiger partial charge in [0.15, 0.2) is 11.5 Å². The Morgan fingerprint density at radius 2 is 1.68 bits per heavy atom. The second-order valence-corrected chi connectivity index (χ2v) is 8.47. The van der Waals surface area contributed by atoms with Crippen LogP contribution >= 0.6 is 11.6 Å². The third-order valence-electron chi connectivity index (χ3n) is 5.08. The Morgan fingerprint density at radius 3 is 2.21 bits per heavy atom. The molecule has 0 bridgehead atoms. The van der Waals surface area contributed by atoms with Gasteiger partial charge in [-0.3, -0.25) is 9.59 Å². The van der Waals surface area contributed by atoms with Crippen molar-refractivity contribution in [1.29, 1.82) is 0 Å². The molecule has 186 valence electrons. The molecule has 0 aliphatic heterocycles. The first-order valence-corrected chi connectivity index (χ1v) is 11.5. The summed E-state index contributed by atoms with van der Waals surface area (Å²) in [5.74, 6) is 0.464. The lowest BCUT2D eigenvalue weighted by Crippen LogP contribution is -2.47. The molecule has 0 heterocycles. The van der Waals surface area contributed by atoms with Crippen LogP contribution in [0, 0.1) is 0 Å². The highest BCUT2D eigenvalue weighted by molar-refractivity contribution is 6.30. The Kier molecular flexibility index (Phi) is 11.0. The van der Waals surface area contributed by atoms with Crippen molar-refractivity contribution in [1.82, 2.24) is 15.5 Å². The van der Waals surface area contributed by atoms with E-state index in [2.05, 4.69) is 10.6 Å². The second-order valence-electron chi connectivity index (χ2n) is 8.03. The smallest absolute Gasteiger partial charge is 0.252 e. The first-order chi connectivity index (χ1) is 16.3. The van der Waals surface area contributed by atoms with E-state index >= 15 is 0 Å². The van der Waals surface area contributed by atoms with Crippen molar-refractivity contribution in [2.24, 2.45) is 0 Å². The van der Waals surface area contributed by atoms with Crippen LogP contribution in [0.25, 0.3) is 0 Å². The van der Waals surface area contributed by atoms with Gasteiger partial charge in [0.2, 0.25) is 11.7 Å². The van der Waals surface area contributed by atoms with Gasteiger partial charge in [-0.05, 0) is 50.3 Å². The number of carbonyl (C=O) groups excluding carboxylic acids is 2. The van der Waals surface area contributed by atoms with Crippen molar-refractivity contribution in [2.45, 2.75) is 32.4 Å². The average molecular weight is 492 g/mol. The number of halogens is 1. The van der Waals surface area contributed by atoms with Crippen LogP contribution in [-0.2, 0) is 11.4 Å². The Labute approximate surface area is 206 Å². The van der Waals surface area contributed by atoms with E-state index in [4.69, 9.17) is 25.8 Å². The van der Waals surface area contributed by atoms with Gasteiger partial charge in [0.25, 0.3) is 5.91 Å². The molecule has 0 aliphatic carbocycles. The lowest BCUT2D eigenvalue weighted by molar-refractivity contribution is -0.123. The third-order valence-corrected chi connectivity index (χ3v) is 5.33. The van der Waals surface area contributed by atoms with E-state index in [-0.39, 0.29) is 12.5 Å². The van der Waals surface area contributed by atoms with Gasteiger partial charge < -0.3 is 29.7 Å². The van der Waals surface area contributed by atoms with Crippen LogP contribution in [0.4, 0.5) is 0 Å². The maximum absolute atomic E-state index is 13.0. The highest BCUT2D eigenvalue weighted by atomic mass is 35.5. The van der Waals surface area contributed by atoms with Crippen molar-refractivity contribution in [3.8, 4) is 17.2 Å². The Balaban J connectivity index is 2.17. The summed E-state index contributed by atoms with van der Waals surface area (Å²) in [6.07, 6.45) is 1.27. The van der Waals surface area contributed by atoms with Gasteiger partial charge in [-0.25, -0.2) is 0 Å². The van der Waals surface area contributed by atoms with E-state index in [0.29, 0.717) is 47.3 Å². The molecule has 1 atom stereocenters. The Bertz CT molecular complexity index is 925. The third kappa shape index (κ3) is 8.11. The molecule has 0 radical (unpaired) electrons. The number of nitrogens with one attached hydrogen (secondary N) is 2. The molecule has 0 aliphatic rings.